The summed E-state index contributed by atoms with van der Waals surface area (Å²) in [5.41, 5.74) is 0. The van der Waals surface area contributed by atoms with Gasteiger partial charge in [-0.15, -0.1) is 17.9 Å². The van der Waals surface area contributed by atoms with Crippen molar-refractivity contribution in [2.75, 3.05) is 13.7 Å². The zero-order valence-corrected chi connectivity index (χ0v) is 10.2. The second-order valence-corrected chi connectivity index (χ2v) is 5.40. The van der Waals surface area contributed by atoms with Gasteiger partial charge in [-0.05, 0) is 11.4 Å². The summed E-state index contributed by atoms with van der Waals surface area (Å²) in [6, 6.07) is 1.36. The first-order chi connectivity index (χ1) is 7.53. The summed E-state index contributed by atoms with van der Waals surface area (Å²) in [4.78, 5) is 11.3. The molecule has 88 valence electrons. The van der Waals surface area contributed by atoms with E-state index in [1.54, 1.807) is 0 Å². The minimum atomic E-state index is -3.68. The van der Waals surface area contributed by atoms with Crippen molar-refractivity contribution in [3.8, 4) is 0 Å². The van der Waals surface area contributed by atoms with Crippen LogP contribution in [-0.4, -0.2) is 28.0 Å². The number of hydrogen-bond donors (Lipinski definition) is 1. The third-order valence-corrected chi connectivity index (χ3v) is 4.20. The quantitative estimate of drug-likeness (QED) is 0.634. The Hall–Kier alpha value is -1.18. The molecular formula is C9H11NO4S2. The molecule has 0 aliphatic rings. The highest BCUT2D eigenvalue weighted by atomic mass is 32.2. The summed E-state index contributed by atoms with van der Waals surface area (Å²) in [5, 5.41) is 1.52. The minimum absolute atomic E-state index is 0.0637. The second kappa shape index (κ2) is 5.24. The van der Waals surface area contributed by atoms with Crippen molar-refractivity contribution >= 4 is 27.3 Å². The lowest BCUT2D eigenvalue weighted by atomic mass is 10.5. The van der Waals surface area contributed by atoms with Gasteiger partial charge in [-0.1, -0.05) is 6.08 Å². The van der Waals surface area contributed by atoms with Crippen molar-refractivity contribution in [2.24, 2.45) is 0 Å². The van der Waals surface area contributed by atoms with Crippen LogP contribution in [0.2, 0.25) is 0 Å². The number of hydrogen-bond acceptors (Lipinski definition) is 5. The zero-order chi connectivity index (χ0) is 12.2. The first-order valence-electron chi connectivity index (χ1n) is 4.29. The number of nitrogens with one attached hydrogen (secondary N) is 1. The van der Waals surface area contributed by atoms with E-state index in [0.29, 0.717) is 0 Å². The van der Waals surface area contributed by atoms with Gasteiger partial charge in [0.1, 0.15) is 9.77 Å². The van der Waals surface area contributed by atoms with Crippen LogP contribution in [0.5, 0.6) is 0 Å². The molecule has 5 nitrogen and oxygen atoms in total. The van der Waals surface area contributed by atoms with E-state index in [4.69, 9.17) is 0 Å². The molecule has 0 aliphatic carbocycles. The van der Waals surface area contributed by atoms with E-state index >= 15 is 0 Å². The van der Waals surface area contributed by atoms with Crippen LogP contribution in [0.25, 0.3) is 0 Å². The molecule has 0 fully saturated rings. The Bertz CT molecular complexity index is 489. The average molecular weight is 261 g/mol. The van der Waals surface area contributed by atoms with Crippen LogP contribution in [0.15, 0.2) is 29.0 Å². The average Bonchev–Trinajstić information content (AvgIpc) is 2.75. The molecule has 0 saturated heterocycles. The summed E-state index contributed by atoms with van der Waals surface area (Å²) in [6.07, 6.45) is 1.42. The van der Waals surface area contributed by atoms with Crippen LogP contribution in [0, 0.1) is 0 Å². The van der Waals surface area contributed by atoms with E-state index in [1.165, 1.54) is 24.6 Å². The van der Waals surface area contributed by atoms with E-state index in [2.05, 4.69) is 16.0 Å². The van der Waals surface area contributed by atoms with E-state index in [0.717, 1.165) is 11.3 Å². The SMILES string of the molecule is C=CCNS(=O)(=O)c1ccsc1C(=O)OC. The lowest BCUT2D eigenvalue weighted by Gasteiger charge is -2.04. The predicted molar refractivity (Wildman–Crippen MR) is 61.0 cm³/mol. The normalized spacial score (nSPS) is 11.1. The van der Waals surface area contributed by atoms with Gasteiger partial charge < -0.3 is 4.74 Å². The molecule has 0 aromatic carbocycles. The van der Waals surface area contributed by atoms with Gasteiger partial charge in [0.15, 0.2) is 0 Å². The number of thiophene rings is 1. The van der Waals surface area contributed by atoms with Gasteiger partial charge in [-0.3, -0.25) is 0 Å². The van der Waals surface area contributed by atoms with Crippen molar-refractivity contribution < 1.29 is 17.9 Å². The molecule has 1 heterocycles. The lowest BCUT2D eigenvalue weighted by molar-refractivity contribution is 0.0602. The Morgan fingerprint density at radius 1 is 1.69 bits per heavy atom. The first kappa shape index (κ1) is 12.9. The molecule has 16 heavy (non-hydrogen) atoms. The summed E-state index contributed by atoms with van der Waals surface area (Å²) in [7, 11) is -2.47. The molecule has 0 unspecified atom stereocenters. The molecule has 1 aromatic heterocycles. The molecule has 1 aromatic rings. The molecular weight excluding hydrogens is 250 g/mol. The highest BCUT2D eigenvalue weighted by molar-refractivity contribution is 7.89. The number of sulfonamides is 1. The number of methoxy groups -OCH3 is 1. The third kappa shape index (κ3) is 2.69. The fraction of sp³-hybridized carbons (Fsp3) is 0.222. The minimum Gasteiger partial charge on any atom is -0.465 e. The number of ether oxygens (including phenoxy) is 1. The maximum Gasteiger partial charge on any atom is 0.349 e. The number of rotatable bonds is 5. The molecule has 0 radical (unpaired) electrons. The summed E-state index contributed by atoms with van der Waals surface area (Å²) >= 11 is 1.02. The molecule has 0 bridgehead atoms. The van der Waals surface area contributed by atoms with Gasteiger partial charge >= 0.3 is 5.97 Å². The van der Waals surface area contributed by atoms with Crippen molar-refractivity contribution in [3.63, 3.8) is 0 Å². The van der Waals surface area contributed by atoms with Gasteiger partial charge in [0.2, 0.25) is 10.0 Å². The van der Waals surface area contributed by atoms with E-state index in [1.807, 2.05) is 0 Å². The van der Waals surface area contributed by atoms with E-state index < -0.39 is 16.0 Å². The molecule has 0 amide bonds. The van der Waals surface area contributed by atoms with Gasteiger partial charge in [0, 0.05) is 6.54 Å². The Labute approximate surface area is 97.8 Å². The molecule has 0 saturated carbocycles. The number of carbonyl (C=O) groups is 1. The van der Waals surface area contributed by atoms with E-state index in [9.17, 15) is 13.2 Å². The van der Waals surface area contributed by atoms with Gasteiger partial charge in [0.25, 0.3) is 0 Å². The van der Waals surface area contributed by atoms with Crippen molar-refractivity contribution in [3.05, 3.63) is 29.0 Å². The van der Waals surface area contributed by atoms with Gasteiger partial charge in [-0.25, -0.2) is 17.9 Å². The fourth-order valence-electron chi connectivity index (χ4n) is 0.997. The van der Waals surface area contributed by atoms with Gasteiger partial charge in [0.05, 0.1) is 7.11 Å². The van der Waals surface area contributed by atoms with Crippen LogP contribution in [0.3, 0.4) is 0 Å². The maximum absolute atomic E-state index is 11.7. The molecule has 1 N–H and O–H groups in total. The van der Waals surface area contributed by atoms with E-state index in [-0.39, 0.29) is 16.3 Å². The smallest absolute Gasteiger partial charge is 0.349 e. The standard InChI is InChI=1S/C9H11NO4S2/c1-3-5-10-16(12,13)7-4-6-15-8(7)9(11)14-2/h3-4,6,10H,1,5H2,2H3. The monoisotopic (exact) mass is 261 g/mol. The molecule has 1 rings (SSSR count). The van der Waals surface area contributed by atoms with Crippen LogP contribution in [0.4, 0.5) is 0 Å². The van der Waals surface area contributed by atoms with Crippen LogP contribution in [-0.2, 0) is 14.8 Å². The topological polar surface area (TPSA) is 72.5 Å². The maximum atomic E-state index is 11.7. The Morgan fingerprint density at radius 3 is 2.94 bits per heavy atom. The second-order valence-electron chi connectivity index (χ2n) is 2.75. The van der Waals surface area contributed by atoms with Gasteiger partial charge in [-0.2, -0.15) is 0 Å². The third-order valence-electron chi connectivity index (χ3n) is 1.71. The molecule has 0 atom stereocenters. The summed E-state index contributed by atoms with van der Waals surface area (Å²) in [6.45, 7) is 3.51. The zero-order valence-electron chi connectivity index (χ0n) is 8.60. The van der Waals surface area contributed by atoms with Crippen LogP contribution >= 0.6 is 11.3 Å². The highest BCUT2D eigenvalue weighted by Crippen LogP contribution is 2.22. The molecule has 7 heteroatoms. The van der Waals surface area contributed by atoms with Crippen LogP contribution < -0.4 is 4.72 Å². The predicted octanol–water partition coefficient (Wildman–Crippen LogP) is 0.999. The Morgan fingerprint density at radius 2 is 2.38 bits per heavy atom. The van der Waals surface area contributed by atoms with Crippen molar-refractivity contribution in [1.82, 2.24) is 4.72 Å². The summed E-state index contributed by atoms with van der Waals surface area (Å²) in [5.74, 6) is -0.658. The largest absolute Gasteiger partial charge is 0.465 e. The summed E-state index contributed by atoms with van der Waals surface area (Å²) < 4.78 is 30.2. The highest BCUT2D eigenvalue weighted by Gasteiger charge is 2.23. The number of esters is 1. The van der Waals surface area contributed by atoms with Crippen LogP contribution in [0.1, 0.15) is 9.67 Å². The lowest BCUT2D eigenvalue weighted by Crippen LogP contribution is -2.24. The number of carbonyl (C=O) groups excluding carboxylic acids is 1. The fourth-order valence-corrected chi connectivity index (χ4v) is 3.33. The molecule has 0 aliphatic heterocycles. The Kier molecular flexibility index (Phi) is 4.22. The first-order valence-corrected chi connectivity index (χ1v) is 6.65. The van der Waals surface area contributed by atoms with Crippen molar-refractivity contribution in [2.45, 2.75) is 4.90 Å². The Balaban J connectivity index is 3.09. The molecule has 0 spiro atoms. The van der Waals surface area contributed by atoms with Crippen molar-refractivity contribution in [1.29, 1.82) is 0 Å².